The molecule has 0 N–H and O–H groups in total. The second kappa shape index (κ2) is 5.57. The smallest absolute Gasteiger partial charge is 0.410 e. The zero-order chi connectivity index (χ0) is 15.9. The van der Waals surface area contributed by atoms with Crippen LogP contribution in [-0.2, 0) is 4.74 Å². The SMILES string of the molecule is CC(C)(C)OC(=O)N1CC[C@@H](c2ccc3ncc(Br)n3c2)C1. The minimum absolute atomic E-state index is 0.222. The number of hydrogen-bond donors (Lipinski definition) is 0. The van der Waals surface area contributed by atoms with Crippen LogP contribution in [0.4, 0.5) is 4.79 Å². The van der Waals surface area contributed by atoms with E-state index in [4.69, 9.17) is 4.74 Å². The van der Waals surface area contributed by atoms with Crippen LogP contribution in [0.25, 0.3) is 5.65 Å². The summed E-state index contributed by atoms with van der Waals surface area (Å²) in [7, 11) is 0. The maximum atomic E-state index is 12.1. The standard InChI is InChI=1S/C16H20BrN3O2/c1-16(2,3)22-15(21)19-7-6-12(9-19)11-4-5-14-18-8-13(17)20(14)10-11/h4-5,8,10,12H,6-7,9H2,1-3H3/t12-/m1/s1. The molecule has 0 radical (unpaired) electrons. The predicted molar refractivity (Wildman–Crippen MR) is 88.1 cm³/mol. The van der Waals surface area contributed by atoms with E-state index in [9.17, 15) is 4.79 Å². The fourth-order valence-corrected chi connectivity index (χ4v) is 3.12. The van der Waals surface area contributed by atoms with E-state index in [1.54, 1.807) is 11.1 Å². The molecule has 2 aromatic rings. The zero-order valence-electron chi connectivity index (χ0n) is 13.0. The Bertz CT molecular complexity index is 705. The van der Waals surface area contributed by atoms with Crippen LogP contribution in [0.5, 0.6) is 0 Å². The molecule has 1 aliphatic heterocycles. The lowest BCUT2D eigenvalue weighted by Crippen LogP contribution is -2.35. The number of aromatic nitrogens is 2. The Kier molecular flexibility index (Phi) is 3.89. The van der Waals surface area contributed by atoms with E-state index in [1.807, 2.05) is 31.2 Å². The first kappa shape index (κ1) is 15.3. The van der Waals surface area contributed by atoms with Gasteiger partial charge in [-0.1, -0.05) is 6.07 Å². The molecule has 1 fully saturated rings. The van der Waals surface area contributed by atoms with Crippen LogP contribution in [0.3, 0.4) is 0 Å². The molecule has 1 saturated heterocycles. The number of imidazole rings is 1. The van der Waals surface area contributed by atoms with Gasteiger partial charge in [0.15, 0.2) is 0 Å². The summed E-state index contributed by atoms with van der Waals surface area (Å²) in [5.41, 5.74) is 1.69. The largest absolute Gasteiger partial charge is 0.444 e. The van der Waals surface area contributed by atoms with Crippen molar-refractivity contribution in [2.24, 2.45) is 0 Å². The minimum Gasteiger partial charge on any atom is -0.444 e. The number of likely N-dealkylation sites (tertiary alicyclic amines) is 1. The zero-order valence-corrected chi connectivity index (χ0v) is 14.6. The van der Waals surface area contributed by atoms with E-state index in [1.165, 1.54) is 5.56 Å². The van der Waals surface area contributed by atoms with Crippen molar-refractivity contribution in [3.8, 4) is 0 Å². The van der Waals surface area contributed by atoms with Crippen LogP contribution in [-0.4, -0.2) is 39.1 Å². The van der Waals surface area contributed by atoms with Gasteiger partial charge in [-0.3, -0.25) is 4.40 Å². The van der Waals surface area contributed by atoms with Crippen molar-refractivity contribution in [1.82, 2.24) is 14.3 Å². The summed E-state index contributed by atoms with van der Waals surface area (Å²) < 4.78 is 8.40. The Hall–Kier alpha value is -1.56. The van der Waals surface area contributed by atoms with Crippen LogP contribution in [0, 0.1) is 0 Å². The number of hydrogen-bond acceptors (Lipinski definition) is 3. The predicted octanol–water partition coefficient (Wildman–Crippen LogP) is 3.82. The number of carbonyl (C=O) groups is 1. The van der Waals surface area contributed by atoms with Crippen molar-refractivity contribution in [2.75, 3.05) is 13.1 Å². The molecule has 0 saturated carbocycles. The second-order valence-corrected chi connectivity index (χ2v) is 7.50. The monoisotopic (exact) mass is 365 g/mol. The average Bonchev–Trinajstić information content (AvgIpc) is 3.04. The van der Waals surface area contributed by atoms with Gasteiger partial charge in [0.2, 0.25) is 0 Å². The van der Waals surface area contributed by atoms with Crippen LogP contribution in [0.2, 0.25) is 0 Å². The maximum Gasteiger partial charge on any atom is 0.410 e. The van der Waals surface area contributed by atoms with Gasteiger partial charge in [0.05, 0.1) is 6.20 Å². The molecular weight excluding hydrogens is 346 g/mol. The molecule has 1 aliphatic rings. The summed E-state index contributed by atoms with van der Waals surface area (Å²) in [6, 6.07) is 4.11. The normalized spacial score (nSPS) is 18.9. The molecule has 0 aliphatic carbocycles. The van der Waals surface area contributed by atoms with Crippen LogP contribution < -0.4 is 0 Å². The van der Waals surface area contributed by atoms with Gasteiger partial charge < -0.3 is 9.64 Å². The van der Waals surface area contributed by atoms with Gasteiger partial charge in [-0.2, -0.15) is 0 Å². The molecule has 22 heavy (non-hydrogen) atoms. The Labute approximate surface area is 138 Å². The van der Waals surface area contributed by atoms with Gasteiger partial charge >= 0.3 is 6.09 Å². The fraction of sp³-hybridized carbons (Fsp3) is 0.500. The van der Waals surface area contributed by atoms with Gasteiger partial charge in [-0.15, -0.1) is 0 Å². The summed E-state index contributed by atoms with van der Waals surface area (Å²) in [5, 5.41) is 0. The highest BCUT2D eigenvalue weighted by Crippen LogP contribution is 2.29. The number of halogens is 1. The Morgan fingerprint density at radius 2 is 2.18 bits per heavy atom. The lowest BCUT2D eigenvalue weighted by molar-refractivity contribution is 0.0292. The first-order valence-corrected chi connectivity index (χ1v) is 8.23. The van der Waals surface area contributed by atoms with Crippen molar-refractivity contribution in [1.29, 1.82) is 0 Å². The minimum atomic E-state index is -0.449. The molecule has 1 amide bonds. The topological polar surface area (TPSA) is 46.8 Å². The van der Waals surface area contributed by atoms with E-state index < -0.39 is 5.60 Å². The number of amides is 1. The summed E-state index contributed by atoms with van der Waals surface area (Å²) in [6.07, 6.45) is 4.62. The molecule has 2 aromatic heterocycles. The van der Waals surface area contributed by atoms with E-state index in [0.29, 0.717) is 12.5 Å². The number of rotatable bonds is 1. The Morgan fingerprint density at radius 1 is 1.41 bits per heavy atom. The second-order valence-electron chi connectivity index (χ2n) is 6.68. The number of nitrogens with zero attached hydrogens (tertiary/aromatic N) is 3. The first-order chi connectivity index (χ1) is 10.3. The summed E-state index contributed by atoms with van der Waals surface area (Å²) >= 11 is 3.49. The average molecular weight is 366 g/mol. The van der Waals surface area contributed by atoms with Crippen molar-refractivity contribution >= 4 is 27.7 Å². The molecule has 0 unspecified atom stereocenters. The highest BCUT2D eigenvalue weighted by Gasteiger charge is 2.30. The third-order valence-electron chi connectivity index (χ3n) is 3.79. The first-order valence-electron chi connectivity index (χ1n) is 7.44. The number of ether oxygens (including phenoxy) is 1. The van der Waals surface area contributed by atoms with Gasteiger partial charge in [0.1, 0.15) is 15.9 Å². The summed E-state index contributed by atoms with van der Waals surface area (Å²) in [5.74, 6) is 0.339. The molecular formula is C16H20BrN3O2. The van der Waals surface area contributed by atoms with Gasteiger partial charge in [-0.05, 0) is 54.8 Å². The Morgan fingerprint density at radius 3 is 2.91 bits per heavy atom. The molecule has 0 aromatic carbocycles. The maximum absolute atomic E-state index is 12.1. The summed E-state index contributed by atoms with van der Waals surface area (Å²) in [4.78, 5) is 18.2. The summed E-state index contributed by atoms with van der Waals surface area (Å²) in [6.45, 7) is 7.12. The molecule has 6 heteroatoms. The highest BCUT2D eigenvalue weighted by molar-refractivity contribution is 9.10. The van der Waals surface area contributed by atoms with E-state index in [-0.39, 0.29) is 6.09 Å². The van der Waals surface area contributed by atoms with E-state index in [0.717, 1.165) is 23.2 Å². The quantitative estimate of drug-likeness (QED) is 0.771. The molecule has 1 atom stereocenters. The van der Waals surface area contributed by atoms with Crippen molar-refractivity contribution in [3.63, 3.8) is 0 Å². The highest BCUT2D eigenvalue weighted by atomic mass is 79.9. The third-order valence-corrected chi connectivity index (χ3v) is 4.38. The molecule has 3 heterocycles. The van der Waals surface area contributed by atoms with Crippen molar-refractivity contribution in [2.45, 2.75) is 38.7 Å². The fourth-order valence-electron chi connectivity index (χ4n) is 2.73. The molecule has 5 nitrogen and oxygen atoms in total. The van der Waals surface area contributed by atoms with Crippen molar-refractivity contribution in [3.05, 3.63) is 34.7 Å². The molecule has 0 bridgehead atoms. The molecule has 3 rings (SSSR count). The number of carbonyl (C=O) groups excluding carboxylic acids is 1. The van der Waals surface area contributed by atoms with Crippen LogP contribution in [0.15, 0.2) is 29.1 Å². The van der Waals surface area contributed by atoms with Gasteiger partial charge in [-0.25, -0.2) is 9.78 Å². The van der Waals surface area contributed by atoms with Crippen molar-refractivity contribution < 1.29 is 9.53 Å². The number of pyridine rings is 1. The Balaban J connectivity index is 1.73. The van der Waals surface area contributed by atoms with Gasteiger partial charge in [0.25, 0.3) is 0 Å². The van der Waals surface area contributed by atoms with E-state index >= 15 is 0 Å². The molecule has 118 valence electrons. The third kappa shape index (κ3) is 3.11. The van der Waals surface area contributed by atoms with Crippen LogP contribution in [0.1, 0.15) is 38.7 Å². The van der Waals surface area contributed by atoms with Crippen LogP contribution >= 0.6 is 15.9 Å². The van der Waals surface area contributed by atoms with Gasteiger partial charge in [0, 0.05) is 25.2 Å². The lowest BCUT2D eigenvalue weighted by Gasteiger charge is -2.24. The number of fused-ring (bicyclic) bond motifs is 1. The lowest BCUT2D eigenvalue weighted by atomic mass is 10.0. The van der Waals surface area contributed by atoms with E-state index in [2.05, 4.69) is 33.2 Å². The molecule has 0 spiro atoms.